The molecule has 0 N–H and O–H groups in total. The molecule has 0 amide bonds. The molecule has 2 fully saturated rings. The Kier molecular flexibility index (Phi) is 3.71. The molecule has 1 aliphatic carbocycles. The van der Waals surface area contributed by atoms with Gasteiger partial charge in [0.15, 0.2) is 0 Å². The van der Waals surface area contributed by atoms with Gasteiger partial charge in [0.05, 0.1) is 11.0 Å². The van der Waals surface area contributed by atoms with Crippen molar-refractivity contribution >= 4 is 28.4 Å². The molecule has 4 rings (SSSR count). The van der Waals surface area contributed by atoms with E-state index < -0.39 is 0 Å². The highest BCUT2D eigenvalue weighted by Gasteiger charge is 2.48. The van der Waals surface area contributed by atoms with Crippen molar-refractivity contribution in [3.05, 3.63) is 30.6 Å². The lowest BCUT2D eigenvalue weighted by atomic mass is 9.65. The van der Waals surface area contributed by atoms with Crippen LogP contribution in [0.4, 0.5) is 0 Å². The molecular weight excluding hydrogens is 318 g/mol. The first-order chi connectivity index (χ1) is 11.4. The van der Waals surface area contributed by atoms with Crippen LogP contribution in [0.15, 0.2) is 30.6 Å². The molecule has 3 atom stereocenters. The van der Waals surface area contributed by atoms with E-state index in [1.165, 1.54) is 12.8 Å². The zero-order valence-corrected chi connectivity index (χ0v) is 15.2. The molecule has 1 aliphatic heterocycles. The minimum absolute atomic E-state index is 0.372. The average molecular weight is 341 g/mol. The average Bonchev–Trinajstić information content (AvgIpc) is 2.92. The lowest BCUT2D eigenvalue weighted by Crippen LogP contribution is -2.40. The molecule has 2 heterocycles. The van der Waals surface area contributed by atoms with Crippen LogP contribution in [0.25, 0.3) is 11.0 Å². The van der Waals surface area contributed by atoms with E-state index in [1.54, 1.807) is 12.4 Å². The SMILES string of the molecule is C[C@@H]1[C@H]2C[C@@H](CC1(C)C)N(C(=S)Oc1ccc3nccnc3c1)C2. The van der Waals surface area contributed by atoms with E-state index in [2.05, 4.69) is 35.6 Å². The summed E-state index contributed by atoms with van der Waals surface area (Å²) in [5.41, 5.74) is 2.06. The second-order valence-corrected chi connectivity index (χ2v) is 8.21. The monoisotopic (exact) mass is 341 g/mol. The van der Waals surface area contributed by atoms with Crippen LogP contribution in [0.3, 0.4) is 0 Å². The van der Waals surface area contributed by atoms with Gasteiger partial charge in [0.25, 0.3) is 5.17 Å². The molecule has 1 saturated carbocycles. The molecular formula is C19H23N3OS. The summed E-state index contributed by atoms with van der Waals surface area (Å²) in [5, 5.41) is 0.593. The number of likely N-dealkylation sites (tertiary alicyclic amines) is 1. The molecule has 4 nitrogen and oxygen atoms in total. The summed E-state index contributed by atoms with van der Waals surface area (Å²) in [6.07, 6.45) is 5.80. The molecule has 0 spiro atoms. The summed E-state index contributed by atoms with van der Waals surface area (Å²) in [4.78, 5) is 10.9. The van der Waals surface area contributed by atoms with Gasteiger partial charge in [-0.05, 0) is 54.4 Å². The predicted octanol–water partition coefficient (Wildman–Crippen LogP) is 4.05. The summed E-state index contributed by atoms with van der Waals surface area (Å²) in [6.45, 7) is 8.16. The van der Waals surface area contributed by atoms with Crippen LogP contribution >= 0.6 is 12.2 Å². The molecule has 2 aliphatic rings. The summed E-state index contributed by atoms with van der Waals surface area (Å²) < 4.78 is 6.01. The molecule has 0 radical (unpaired) electrons. The van der Waals surface area contributed by atoms with Crippen LogP contribution in [0.1, 0.15) is 33.6 Å². The third kappa shape index (κ3) is 2.65. The maximum absolute atomic E-state index is 6.01. The normalized spacial score (nSPS) is 28.1. The van der Waals surface area contributed by atoms with Crippen molar-refractivity contribution in [2.75, 3.05) is 6.54 Å². The molecule has 2 aromatic rings. The zero-order chi connectivity index (χ0) is 16.9. The number of aromatic nitrogens is 2. The van der Waals surface area contributed by atoms with Crippen molar-refractivity contribution in [1.82, 2.24) is 14.9 Å². The summed E-state index contributed by atoms with van der Waals surface area (Å²) in [6, 6.07) is 6.25. The van der Waals surface area contributed by atoms with Crippen LogP contribution in [0, 0.1) is 17.3 Å². The number of nitrogens with zero attached hydrogens (tertiary/aromatic N) is 3. The van der Waals surface area contributed by atoms with E-state index in [0.29, 0.717) is 22.5 Å². The maximum Gasteiger partial charge on any atom is 0.265 e. The van der Waals surface area contributed by atoms with Gasteiger partial charge in [0, 0.05) is 31.0 Å². The Hall–Kier alpha value is -1.75. The van der Waals surface area contributed by atoms with Crippen molar-refractivity contribution in [3.63, 3.8) is 0 Å². The second-order valence-electron chi connectivity index (χ2n) is 7.86. The summed E-state index contributed by atoms with van der Waals surface area (Å²) in [7, 11) is 0. The van der Waals surface area contributed by atoms with Crippen molar-refractivity contribution in [3.8, 4) is 5.75 Å². The van der Waals surface area contributed by atoms with E-state index in [4.69, 9.17) is 17.0 Å². The van der Waals surface area contributed by atoms with Crippen LogP contribution in [-0.4, -0.2) is 32.6 Å². The van der Waals surface area contributed by atoms with E-state index >= 15 is 0 Å². The first kappa shape index (κ1) is 15.8. The fourth-order valence-corrected chi connectivity index (χ4v) is 4.65. The van der Waals surface area contributed by atoms with Crippen molar-refractivity contribution in [1.29, 1.82) is 0 Å². The van der Waals surface area contributed by atoms with Gasteiger partial charge in [-0.2, -0.15) is 0 Å². The van der Waals surface area contributed by atoms with E-state index in [-0.39, 0.29) is 0 Å². The highest BCUT2D eigenvalue weighted by Crippen LogP contribution is 2.49. The topological polar surface area (TPSA) is 38.2 Å². The van der Waals surface area contributed by atoms with Crippen LogP contribution < -0.4 is 4.74 Å². The summed E-state index contributed by atoms with van der Waals surface area (Å²) >= 11 is 5.62. The number of benzene rings is 1. The van der Waals surface area contributed by atoms with Crippen molar-refractivity contribution in [2.45, 2.75) is 39.7 Å². The third-order valence-corrected chi connectivity index (χ3v) is 6.35. The fraction of sp³-hybridized carbons (Fsp3) is 0.526. The van der Waals surface area contributed by atoms with Crippen LogP contribution in [-0.2, 0) is 0 Å². The third-order valence-electron chi connectivity index (χ3n) is 6.03. The predicted molar refractivity (Wildman–Crippen MR) is 98.9 cm³/mol. The molecule has 1 aromatic heterocycles. The van der Waals surface area contributed by atoms with Gasteiger partial charge in [0.2, 0.25) is 0 Å². The Labute approximate surface area is 148 Å². The van der Waals surface area contributed by atoms with Gasteiger partial charge in [-0.15, -0.1) is 0 Å². The van der Waals surface area contributed by atoms with E-state index in [9.17, 15) is 0 Å². The quantitative estimate of drug-likeness (QED) is 0.732. The van der Waals surface area contributed by atoms with E-state index in [1.807, 2.05) is 18.2 Å². The van der Waals surface area contributed by atoms with Gasteiger partial charge in [0.1, 0.15) is 5.75 Å². The van der Waals surface area contributed by atoms with Gasteiger partial charge >= 0.3 is 0 Å². The molecule has 24 heavy (non-hydrogen) atoms. The van der Waals surface area contributed by atoms with Crippen LogP contribution in [0.2, 0.25) is 0 Å². The molecule has 126 valence electrons. The first-order valence-electron chi connectivity index (χ1n) is 8.63. The Bertz CT molecular complexity index is 791. The van der Waals surface area contributed by atoms with E-state index in [0.717, 1.165) is 29.2 Å². The maximum atomic E-state index is 6.01. The number of fused-ring (bicyclic) bond motifs is 3. The standard InChI is InChI=1S/C19H23N3OS/c1-12-13-8-14(10-19(12,2)3)22(11-13)18(24)23-15-4-5-16-17(9-15)21-7-6-20-16/h4-7,9,12-14H,8,10-11H2,1-3H3/t12-,13+,14+/m1/s1. The minimum Gasteiger partial charge on any atom is -0.432 e. The Morgan fingerprint density at radius 2 is 2.00 bits per heavy atom. The Balaban J connectivity index is 1.52. The first-order valence-corrected chi connectivity index (χ1v) is 9.04. The number of thiocarbonyl (C=S) groups is 1. The summed E-state index contributed by atoms with van der Waals surface area (Å²) in [5.74, 6) is 2.17. The number of rotatable bonds is 1. The molecule has 1 aromatic carbocycles. The number of ether oxygens (including phenoxy) is 1. The molecule has 2 bridgehead atoms. The minimum atomic E-state index is 0.372. The Morgan fingerprint density at radius 3 is 2.79 bits per heavy atom. The number of hydrogen-bond donors (Lipinski definition) is 0. The lowest BCUT2D eigenvalue weighted by Gasteiger charge is -2.40. The molecule has 1 saturated heterocycles. The highest BCUT2D eigenvalue weighted by molar-refractivity contribution is 7.80. The van der Waals surface area contributed by atoms with Crippen molar-refractivity contribution in [2.24, 2.45) is 17.3 Å². The van der Waals surface area contributed by atoms with Gasteiger partial charge in [-0.1, -0.05) is 20.8 Å². The number of hydrogen-bond acceptors (Lipinski definition) is 4. The molecule has 5 heteroatoms. The zero-order valence-electron chi connectivity index (χ0n) is 14.4. The lowest BCUT2D eigenvalue weighted by molar-refractivity contribution is 0.106. The molecule has 0 unspecified atom stereocenters. The van der Waals surface area contributed by atoms with Gasteiger partial charge < -0.3 is 9.64 Å². The smallest absolute Gasteiger partial charge is 0.265 e. The van der Waals surface area contributed by atoms with Gasteiger partial charge in [-0.25, -0.2) is 0 Å². The van der Waals surface area contributed by atoms with Crippen LogP contribution in [0.5, 0.6) is 5.75 Å². The van der Waals surface area contributed by atoms with Gasteiger partial charge in [-0.3, -0.25) is 9.97 Å². The van der Waals surface area contributed by atoms with Crippen molar-refractivity contribution < 1.29 is 4.74 Å². The largest absolute Gasteiger partial charge is 0.432 e. The fourth-order valence-electron chi connectivity index (χ4n) is 4.33. The second kappa shape index (κ2) is 5.66. The highest BCUT2D eigenvalue weighted by atomic mass is 32.1. The Morgan fingerprint density at radius 1 is 1.25 bits per heavy atom.